The van der Waals surface area contributed by atoms with Crippen molar-refractivity contribution in [1.82, 2.24) is 0 Å². The van der Waals surface area contributed by atoms with Gasteiger partial charge in [0.1, 0.15) is 6.79 Å². The maximum absolute atomic E-state index is 8.00. The van der Waals surface area contributed by atoms with E-state index >= 15 is 0 Å². The Labute approximate surface area is 125 Å². The fourth-order valence-electron chi connectivity index (χ4n) is 5.96. The van der Waals surface area contributed by atoms with Crippen LogP contribution in [0.2, 0.25) is 0 Å². The van der Waals surface area contributed by atoms with Crippen molar-refractivity contribution in [1.29, 1.82) is 0 Å². The lowest BCUT2D eigenvalue weighted by Gasteiger charge is -2.71. The van der Waals surface area contributed by atoms with Gasteiger partial charge in [0, 0.05) is 0 Å². The Morgan fingerprint density at radius 3 is 0.800 bits per heavy atom. The van der Waals surface area contributed by atoms with Gasteiger partial charge in [0.2, 0.25) is 0 Å². The van der Waals surface area contributed by atoms with Crippen LogP contribution in [0.3, 0.4) is 0 Å². The quantitative estimate of drug-likeness (QED) is 0.638. The summed E-state index contributed by atoms with van der Waals surface area (Å²) in [6.45, 7) is 11.4. The molecule has 4 bridgehead atoms. The number of carbonyl (C=O) groups is 1. The Morgan fingerprint density at radius 2 is 0.700 bits per heavy atom. The predicted molar refractivity (Wildman–Crippen MR) is 85.7 cm³/mol. The highest BCUT2D eigenvalue weighted by Crippen LogP contribution is 2.76. The Kier molecular flexibility index (Phi) is 4.13. The zero-order valence-corrected chi connectivity index (χ0v) is 14.2. The molecule has 0 atom stereocenters. The van der Waals surface area contributed by atoms with E-state index in [1.807, 2.05) is 6.79 Å². The molecule has 1 nitrogen and oxygen atoms in total. The molecule has 0 aromatic carbocycles. The first kappa shape index (κ1) is 16.0. The minimum Gasteiger partial charge on any atom is -0.307 e. The van der Waals surface area contributed by atoms with Crippen LogP contribution >= 0.6 is 0 Å². The van der Waals surface area contributed by atoms with E-state index in [4.69, 9.17) is 4.79 Å². The number of rotatable bonds is 4. The molecule has 6 aliphatic rings. The van der Waals surface area contributed by atoms with Crippen molar-refractivity contribution >= 4 is 6.79 Å². The molecule has 0 aromatic heterocycles. The topological polar surface area (TPSA) is 17.1 Å². The monoisotopic (exact) mass is 278 g/mol. The molecule has 6 fully saturated rings. The minimum absolute atomic E-state index is 0.871. The van der Waals surface area contributed by atoms with Crippen LogP contribution in [-0.4, -0.2) is 6.79 Å². The maximum Gasteiger partial charge on any atom is 0.106 e. The molecular weight excluding hydrogens is 244 g/mol. The van der Waals surface area contributed by atoms with Crippen molar-refractivity contribution in [2.75, 3.05) is 0 Å². The summed E-state index contributed by atoms with van der Waals surface area (Å²) >= 11 is 0. The van der Waals surface area contributed by atoms with Crippen molar-refractivity contribution in [3.05, 3.63) is 0 Å². The smallest absolute Gasteiger partial charge is 0.106 e. The van der Waals surface area contributed by atoms with Crippen LogP contribution in [0.1, 0.15) is 91.9 Å². The first-order valence-corrected chi connectivity index (χ1v) is 8.77. The standard InChI is InChI=1S/2C9H16.CH2O/c2*1-3-8-5-9(4-2,6-8)7-8;1-2/h2*3-7H2,1-2H3;1H2. The van der Waals surface area contributed by atoms with Gasteiger partial charge in [0.15, 0.2) is 0 Å². The first-order chi connectivity index (χ1) is 9.49. The highest BCUT2D eigenvalue weighted by molar-refractivity contribution is 5.16. The average Bonchev–Trinajstić information content (AvgIpc) is 2.28. The molecule has 0 aromatic rings. The van der Waals surface area contributed by atoms with E-state index in [9.17, 15) is 0 Å². The van der Waals surface area contributed by atoms with Gasteiger partial charge in [-0.2, -0.15) is 0 Å². The van der Waals surface area contributed by atoms with Gasteiger partial charge in [0.25, 0.3) is 0 Å². The van der Waals surface area contributed by atoms with Crippen LogP contribution in [0.15, 0.2) is 0 Å². The molecule has 116 valence electrons. The van der Waals surface area contributed by atoms with Crippen molar-refractivity contribution in [2.45, 2.75) is 91.9 Å². The van der Waals surface area contributed by atoms with Gasteiger partial charge in [-0.3, -0.25) is 0 Å². The molecule has 0 saturated heterocycles. The Morgan fingerprint density at radius 1 is 0.550 bits per heavy atom. The Bertz CT molecular complexity index is 255. The molecular formula is C19H34O. The summed E-state index contributed by atoms with van der Waals surface area (Å²) in [7, 11) is 0. The van der Waals surface area contributed by atoms with Crippen LogP contribution in [0.4, 0.5) is 0 Å². The number of hydrogen-bond donors (Lipinski definition) is 0. The summed E-state index contributed by atoms with van der Waals surface area (Å²) in [6.07, 6.45) is 15.1. The predicted octanol–water partition coefficient (Wildman–Crippen LogP) is 5.77. The highest BCUT2D eigenvalue weighted by atomic mass is 16.1. The van der Waals surface area contributed by atoms with E-state index in [-0.39, 0.29) is 0 Å². The SMILES string of the molecule is C=O.CCC12CC(CC)(C1)C2.CCC12CC(CC)(C1)C2. The molecule has 0 amide bonds. The molecule has 6 saturated carbocycles. The summed E-state index contributed by atoms with van der Waals surface area (Å²) in [4.78, 5) is 8.00. The molecule has 20 heavy (non-hydrogen) atoms. The number of hydrogen-bond acceptors (Lipinski definition) is 1. The molecule has 6 aliphatic carbocycles. The van der Waals surface area contributed by atoms with E-state index in [1.165, 1.54) is 25.7 Å². The summed E-state index contributed by atoms with van der Waals surface area (Å²) in [5.74, 6) is 0. The van der Waals surface area contributed by atoms with Gasteiger partial charge in [0.05, 0.1) is 0 Å². The second-order valence-electron chi connectivity index (χ2n) is 8.47. The van der Waals surface area contributed by atoms with Crippen LogP contribution in [-0.2, 0) is 4.79 Å². The van der Waals surface area contributed by atoms with Gasteiger partial charge in [-0.15, -0.1) is 0 Å². The van der Waals surface area contributed by atoms with E-state index < -0.39 is 0 Å². The lowest BCUT2D eigenvalue weighted by atomic mass is 9.34. The normalized spacial score (nSPS) is 48.8. The van der Waals surface area contributed by atoms with Gasteiger partial charge >= 0.3 is 0 Å². The summed E-state index contributed by atoms with van der Waals surface area (Å²) in [5, 5.41) is 0. The fraction of sp³-hybridized carbons (Fsp3) is 0.947. The van der Waals surface area contributed by atoms with Crippen LogP contribution in [0.5, 0.6) is 0 Å². The van der Waals surface area contributed by atoms with Gasteiger partial charge in [-0.1, -0.05) is 53.4 Å². The molecule has 0 heterocycles. The molecule has 0 unspecified atom stereocenters. The Balaban J connectivity index is 0.000000131. The minimum atomic E-state index is 0.871. The first-order valence-electron chi connectivity index (χ1n) is 8.77. The van der Waals surface area contributed by atoms with Gasteiger partial charge < -0.3 is 4.79 Å². The van der Waals surface area contributed by atoms with Crippen LogP contribution < -0.4 is 0 Å². The maximum atomic E-state index is 8.00. The number of carbonyl (C=O) groups excluding carboxylic acids is 1. The average molecular weight is 278 g/mol. The highest BCUT2D eigenvalue weighted by Gasteiger charge is 2.65. The molecule has 0 aliphatic heterocycles. The second-order valence-corrected chi connectivity index (χ2v) is 8.47. The third kappa shape index (κ3) is 2.16. The third-order valence-electron chi connectivity index (χ3n) is 7.50. The lowest BCUT2D eigenvalue weighted by molar-refractivity contribution is -0.206. The zero-order valence-electron chi connectivity index (χ0n) is 14.2. The van der Waals surface area contributed by atoms with Crippen molar-refractivity contribution in [3.63, 3.8) is 0 Å². The van der Waals surface area contributed by atoms with Gasteiger partial charge in [-0.25, -0.2) is 0 Å². The van der Waals surface area contributed by atoms with E-state index in [2.05, 4.69) is 27.7 Å². The van der Waals surface area contributed by atoms with Crippen molar-refractivity contribution < 1.29 is 4.79 Å². The second kappa shape index (κ2) is 5.14. The largest absolute Gasteiger partial charge is 0.307 e. The molecule has 0 spiro atoms. The van der Waals surface area contributed by atoms with E-state index in [1.54, 1.807) is 38.5 Å². The molecule has 0 N–H and O–H groups in total. The third-order valence-corrected chi connectivity index (χ3v) is 7.50. The van der Waals surface area contributed by atoms with Gasteiger partial charge in [-0.05, 0) is 60.2 Å². The van der Waals surface area contributed by atoms with Crippen LogP contribution in [0.25, 0.3) is 0 Å². The molecule has 1 heteroatoms. The summed E-state index contributed by atoms with van der Waals surface area (Å²) in [5.41, 5.74) is 3.48. The Hall–Kier alpha value is -0.330. The summed E-state index contributed by atoms with van der Waals surface area (Å²) < 4.78 is 0. The van der Waals surface area contributed by atoms with E-state index in [0.717, 1.165) is 21.7 Å². The summed E-state index contributed by atoms with van der Waals surface area (Å²) in [6, 6.07) is 0. The van der Waals surface area contributed by atoms with Crippen LogP contribution in [0, 0.1) is 21.7 Å². The molecule has 0 radical (unpaired) electrons. The molecule has 6 rings (SSSR count). The van der Waals surface area contributed by atoms with E-state index in [0.29, 0.717) is 0 Å². The lowest BCUT2D eigenvalue weighted by Crippen LogP contribution is -2.60. The zero-order chi connectivity index (χ0) is 15.1. The van der Waals surface area contributed by atoms with Crippen molar-refractivity contribution in [3.8, 4) is 0 Å². The fourth-order valence-corrected chi connectivity index (χ4v) is 5.96. The van der Waals surface area contributed by atoms with Crippen molar-refractivity contribution in [2.24, 2.45) is 21.7 Å².